The van der Waals surface area contributed by atoms with Crippen molar-refractivity contribution < 1.29 is 4.79 Å². The van der Waals surface area contributed by atoms with Crippen LogP contribution in [0, 0.1) is 13.8 Å². The normalized spacial score (nSPS) is 11.2. The van der Waals surface area contributed by atoms with Gasteiger partial charge < -0.3 is 10.6 Å². The van der Waals surface area contributed by atoms with E-state index in [-0.39, 0.29) is 11.4 Å². The second-order valence-corrected chi connectivity index (χ2v) is 6.87. The average molecular weight is 333 g/mol. The number of nitrogens with one attached hydrogen (secondary N) is 2. The first-order chi connectivity index (χ1) is 10.7. The molecule has 0 aliphatic carbocycles. The molecule has 122 valence electrons. The highest BCUT2D eigenvalue weighted by atomic mass is 35.5. The van der Waals surface area contributed by atoms with Crippen LogP contribution in [0.2, 0.25) is 5.02 Å². The van der Waals surface area contributed by atoms with Gasteiger partial charge in [-0.15, -0.1) is 0 Å². The molecule has 0 atom stereocenters. The number of rotatable bonds is 3. The van der Waals surface area contributed by atoms with Crippen molar-refractivity contribution >= 4 is 29.1 Å². The monoisotopic (exact) mass is 332 g/mol. The van der Waals surface area contributed by atoms with Crippen LogP contribution in [0.1, 0.15) is 42.5 Å². The number of hydrogen-bond acceptors (Lipinski definition) is 4. The number of anilines is 2. The lowest BCUT2D eigenvalue weighted by Gasteiger charge is -2.20. The molecule has 6 heteroatoms. The number of benzene rings is 1. The number of halogens is 1. The highest BCUT2D eigenvalue weighted by Gasteiger charge is 2.17. The summed E-state index contributed by atoms with van der Waals surface area (Å²) in [5, 5.41) is 6.68. The van der Waals surface area contributed by atoms with Gasteiger partial charge in [0.2, 0.25) is 5.95 Å². The Kier molecular flexibility index (Phi) is 4.90. The van der Waals surface area contributed by atoms with E-state index in [0.29, 0.717) is 22.4 Å². The highest BCUT2D eigenvalue weighted by Crippen LogP contribution is 2.25. The van der Waals surface area contributed by atoms with Crippen LogP contribution < -0.4 is 10.6 Å². The van der Waals surface area contributed by atoms with Gasteiger partial charge in [0, 0.05) is 21.9 Å². The van der Waals surface area contributed by atoms with Crippen molar-refractivity contribution in [2.45, 2.75) is 40.2 Å². The molecule has 0 saturated carbocycles. The zero-order valence-electron chi connectivity index (χ0n) is 14.0. The number of aryl methyl sites for hydroxylation is 1. The van der Waals surface area contributed by atoms with Crippen molar-refractivity contribution in [1.82, 2.24) is 15.3 Å². The van der Waals surface area contributed by atoms with E-state index in [0.717, 1.165) is 11.3 Å². The van der Waals surface area contributed by atoms with Crippen LogP contribution in [0.25, 0.3) is 0 Å². The highest BCUT2D eigenvalue weighted by molar-refractivity contribution is 6.31. The van der Waals surface area contributed by atoms with E-state index < -0.39 is 0 Å². The van der Waals surface area contributed by atoms with Crippen molar-refractivity contribution in [2.75, 3.05) is 5.32 Å². The third-order valence-electron chi connectivity index (χ3n) is 3.09. The quantitative estimate of drug-likeness (QED) is 0.890. The zero-order valence-corrected chi connectivity index (χ0v) is 14.7. The van der Waals surface area contributed by atoms with E-state index >= 15 is 0 Å². The van der Waals surface area contributed by atoms with E-state index in [4.69, 9.17) is 11.6 Å². The first kappa shape index (κ1) is 17.2. The molecule has 2 N–H and O–H groups in total. The summed E-state index contributed by atoms with van der Waals surface area (Å²) in [4.78, 5) is 20.9. The van der Waals surface area contributed by atoms with Crippen molar-refractivity contribution in [2.24, 2.45) is 0 Å². The molecule has 0 bridgehead atoms. The van der Waals surface area contributed by atoms with Crippen molar-refractivity contribution in [3.05, 3.63) is 46.2 Å². The third-order valence-corrected chi connectivity index (χ3v) is 3.50. The van der Waals surface area contributed by atoms with Crippen molar-refractivity contribution in [1.29, 1.82) is 0 Å². The summed E-state index contributed by atoms with van der Waals surface area (Å²) in [5.41, 5.74) is 2.42. The largest absolute Gasteiger partial charge is 0.346 e. The van der Waals surface area contributed by atoms with Gasteiger partial charge in [-0.25, -0.2) is 9.97 Å². The maximum absolute atomic E-state index is 12.3. The Balaban J connectivity index is 2.30. The molecule has 0 fully saturated rings. The lowest BCUT2D eigenvalue weighted by molar-refractivity contribution is 0.0914. The van der Waals surface area contributed by atoms with Crippen LogP contribution in [0.15, 0.2) is 24.3 Å². The first-order valence-corrected chi connectivity index (χ1v) is 7.74. The Labute approximate surface area is 141 Å². The van der Waals surface area contributed by atoms with Gasteiger partial charge >= 0.3 is 0 Å². The molecule has 0 aliphatic heterocycles. The molecule has 2 rings (SSSR count). The number of hydrogen-bond donors (Lipinski definition) is 2. The maximum Gasteiger partial charge on any atom is 0.270 e. The Hall–Kier alpha value is -2.14. The minimum Gasteiger partial charge on any atom is -0.346 e. The van der Waals surface area contributed by atoms with Gasteiger partial charge in [0.1, 0.15) is 5.69 Å². The molecule has 5 nitrogen and oxygen atoms in total. The SMILES string of the molecule is Cc1cc(C(=O)NC(C)(C)C)nc(Nc2cccc(Cl)c2C)n1. The molecule has 2 aromatic rings. The maximum atomic E-state index is 12.3. The predicted octanol–water partition coefficient (Wildman–Crippen LogP) is 4.02. The van der Waals surface area contributed by atoms with Gasteiger partial charge in [-0.2, -0.15) is 0 Å². The van der Waals surface area contributed by atoms with Crippen molar-refractivity contribution in [3.63, 3.8) is 0 Å². The minimum atomic E-state index is -0.326. The van der Waals surface area contributed by atoms with Gasteiger partial charge in [0.25, 0.3) is 5.91 Å². The smallest absolute Gasteiger partial charge is 0.270 e. The fourth-order valence-electron chi connectivity index (χ4n) is 2.01. The molecule has 0 spiro atoms. The number of nitrogens with zero attached hydrogens (tertiary/aromatic N) is 2. The van der Waals surface area contributed by atoms with Crippen LogP contribution in [0.5, 0.6) is 0 Å². The molecule has 1 aromatic heterocycles. The molecule has 0 saturated heterocycles. The van der Waals surface area contributed by atoms with E-state index in [1.807, 2.05) is 52.8 Å². The van der Waals surface area contributed by atoms with Gasteiger partial charge in [-0.05, 0) is 58.4 Å². The fraction of sp³-hybridized carbons (Fsp3) is 0.353. The van der Waals surface area contributed by atoms with E-state index in [2.05, 4.69) is 20.6 Å². The summed E-state index contributed by atoms with van der Waals surface area (Å²) in [6.45, 7) is 9.51. The lowest BCUT2D eigenvalue weighted by Crippen LogP contribution is -2.41. The fourth-order valence-corrected chi connectivity index (χ4v) is 2.18. The van der Waals surface area contributed by atoms with Crippen LogP contribution in [-0.4, -0.2) is 21.4 Å². The second-order valence-electron chi connectivity index (χ2n) is 6.46. The van der Waals surface area contributed by atoms with E-state index in [1.54, 1.807) is 6.07 Å². The third kappa shape index (κ3) is 4.66. The lowest BCUT2D eigenvalue weighted by atomic mass is 10.1. The number of carbonyl (C=O) groups is 1. The van der Waals surface area contributed by atoms with Gasteiger partial charge in [-0.3, -0.25) is 4.79 Å². The summed E-state index contributed by atoms with van der Waals surface area (Å²) in [7, 11) is 0. The molecular weight excluding hydrogens is 312 g/mol. The Morgan fingerprint density at radius 2 is 1.87 bits per heavy atom. The van der Waals surface area contributed by atoms with Crippen molar-refractivity contribution in [3.8, 4) is 0 Å². The van der Waals surface area contributed by atoms with Crippen LogP contribution >= 0.6 is 11.6 Å². The standard InChI is InChI=1S/C17H21ClN4O/c1-10-9-14(15(23)22-17(3,4)5)21-16(19-10)20-13-8-6-7-12(18)11(13)2/h6-9H,1-5H3,(H,22,23)(H,19,20,21). The minimum absolute atomic E-state index is 0.228. The van der Waals surface area contributed by atoms with E-state index in [1.165, 1.54) is 0 Å². The molecule has 0 radical (unpaired) electrons. The number of aromatic nitrogens is 2. The molecule has 0 aliphatic rings. The summed E-state index contributed by atoms with van der Waals surface area (Å²) >= 11 is 6.12. The Bertz CT molecular complexity index is 738. The molecule has 1 heterocycles. The zero-order chi connectivity index (χ0) is 17.2. The van der Waals surface area contributed by atoms with Crippen LogP contribution in [0.3, 0.4) is 0 Å². The number of amides is 1. The molecule has 1 amide bonds. The van der Waals surface area contributed by atoms with Gasteiger partial charge in [0.05, 0.1) is 0 Å². The topological polar surface area (TPSA) is 66.9 Å². The Morgan fingerprint density at radius 1 is 1.17 bits per heavy atom. The van der Waals surface area contributed by atoms with Crippen LogP contribution in [0.4, 0.5) is 11.6 Å². The Morgan fingerprint density at radius 3 is 2.52 bits per heavy atom. The second kappa shape index (κ2) is 6.54. The molecular formula is C17H21ClN4O. The summed E-state index contributed by atoms with van der Waals surface area (Å²) < 4.78 is 0. The number of carbonyl (C=O) groups excluding carboxylic acids is 1. The predicted molar refractivity (Wildman–Crippen MR) is 93.5 cm³/mol. The first-order valence-electron chi connectivity index (χ1n) is 7.36. The van der Waals surface area contributed by atoms with E-state index in [9.17, 15) is 4.79 Å². The average Bonchev–Trinajstić information content (AvgIpc) is 2.41. The van der Waals surface area contributed by atoms with Gasteiger partial charge in [0.15, 0.2) is 0 Å². The summed E-state index contributed by atoms with van der Waals surface area (Å²) in [6.07, 6.45) is 0. The summed E-state index contributed by atoms with van der Waals surface area (Å²) in [6, 6.07) is 7.22. The molecule has 23 heavy (non-hydrogen) atoms. The molecule has 0 unspecified atom stereocenters. The van der Waals surface area contributed by atoms with Crippen LogP contribution in [-0.2, 0) is 0 Å². The molecule has 1 aromatic carbocycles. The summed E-state index contributed by atoms with van der Waals surface area (Å²) in [5.74, 6) is 0.142. The van der Waals surface area contributed by atoms with Gasteiger partial charge in [-0.1, -0.05) is 17.7 Å².